The third-order valence-corrected chi connectivity index (χ3v) is 3.09. The number of ether oxygens (including phenoxy) is 1. The largest absolute Gasteiger partial charge is 0.381 e. The second-order valence-corrected chi connectivity index (χ2v) is 4.45. The molecule has 7 heteroatoms. The lowest BCUT2D eigenvalue weighted by atomic mass is 9.89. The summed E-state index contributed by atoms with van der Waals surface area (Å²) in [6.07, 6.45) is 0.770. The van der Waals surface area contributed by atoms with Crippen molar-refractivity contribution in [1.82, 2.24) is 25.9 Å². The fraction of sp³-hybridized carbons (Fsp3) is 0.800. The third-order valence-electron chi connectivity index (χ3n) is 3.09. The molecule has 94 valence electrons. The summed E-state index contributed by atoms with van der Waals surface area (Å²) in [5.74, 6) is 0.801. The maximum Gasteiger partial charge on any atom is 0.224 e. The molecule has 17 heavy (non-hydrogen) atoms. The Balaban J connectivity index is 1.92. The minimum Gasteiger partial charge on any atom is -0.381 e. The van der Waals surface area contributed by atoms with Crippen LogP contribution in [0.5, 0.6) is 0 Å². The van der Waals surface area contributed by atoms with E-state index in [-0.39, 0.29) is 23.8 Å². The van der Waals surface area contributed by atoms with Crippen molar-refractivity contribution in [2.75, 3.05) is 13.2 Å². The number of hydrogen-bond acceptors (Lipinski definition) is 5. The van der Waals surface area contributed by atoms with Gasteiger partial charge < -0.3 is 10.1 Å². The normalized spacial score (nSPS) is 26.5. The third kappa shape index (κ3) is 2.79. The molecule has 0 radical (unpaired) electrons. The van der Waals surface area contributed by atoms with Gasteiger partial charge in [0.25, 0.3) is 0 Å². The van der Waals surface area contributed by atoms with Gasteiger partial charge >= 0.3 is 0 Å². The summed E-state index contributed by atoms with van der Waals surface area (Å²) >= 11 is 0. The zero-order valence-electron chi connectivity index (χ0n) is 10.0. The maximum absolute atomic E-state index is 12.1. The van der Waals surface area contributed by atoms with Gasteiger partial charge in [0.2, 0.25) is 5.91 Å². The predicted octanol–water partition coefficient (Wildman–Crippen LogP) is 0.0495. The summed E-state index contributed by atoms with van der Waals surface area (Å²) in [6, 6.07) is -0.226. The van der Waals surface area contributed by atoms with E-state index in [4.69, 9.17) is 4.74 Å². The summed E-state index contributed by atoms with van der Waals surface area (Å²) in [5, 5.41) is 16.4. The number of nitrogens with one attached hydrogen (secondary N) is 2. The number of aromatic nitrogens is 4. The van der Waals surface area contributed by atoms with Crippen molar-refractivity contribution in [3.05, 3.63) is 5.82 Å². The van der Waals surface area contributed by atoms with Crippen LogP contribution in [0.15, 0.2) is 0 Å². The molecule has 7 nitrogen and oxygen atoms in total. The Morgan fingerprint density at radius 3 is 3.12 bits per heavy atom. The number of nitrogens with zero attached hydrogens (tertiary/aromatic N) is 3. The van der Waals surface area contributed by atoms with E-state index < -0.39 is 0 Å². The van der Waals surface area contributed by atoms with Crippen LogP contribution in [0.4, 0.5) is 0 Å². The zero-order valence-corrected chi connectivity index (χ0v) is 10.0. The first kappa shape index (κ1) is 12.0. The van der Waals surface area contributed by atoms with E-state index >= 15 is 0 Å². The minimum absolute atomic E-state index is 0.0121. The topological polar surface area (TPSA) is 92.8 Å². The van der Waals surface area contributed by atoms with Crippen molar-refractivity contribution >= 4 is 5.91 Å². The summed E-state index contributed by atoms with van der Waals surface area (Å²) in [5.41, 5.74) is 0. The second kappa shape index (κ2) is 5.22. The molecule has 1 amide bonds. The summed E-state index contributed by atoms with van der Waals surface area (Å²) in [4.78, 5) is 12.1. The van der Waals surface area contributed by atoms with E-state index in [9.17, 15) is 4.79 Å². The first-order chi connectivity index (χ1) is 8.18. The molecule has 1 aliphatic rings. The average molecular weight is 239 g/mol. The van der Waals surface area contributed by atoms with Crippen molar-refractivity contribution in [3.8, 4) is 0 Å². The van der Waals surface area contributed by atoms with Crippen LogP contribution < -0.4 is 5.32 Å². The standard InChI is InChI=1S/C10H17N5O2/c1-6-5-17-4-3-8(6)10(16)11-7(2)9-12-14-15-13-9/h6-8H,3-5H2,1-2H3,(H,11,16)(H,12,13,14,15). The molecule has 0 aliphatic carbocycles. The fourth-order valence-electron chi connectivity index (χ4n) is 2.01. The van der Waals surface area contributed by atoms with Gasteiger partial charge in [-0.15, -0.1) is 10.2 Å². The van der Waals surface area contributed by atoms with Gasteiger partial charge in [0.05, 0.1) is 6.04 Å². The number of tetrazole rings is 1. The van der Waals surface area contributed by atoms with Crippen molar-refractivity contribution in [1.29, 1.82) is 0 Å². The quantitative estimate of drug-likeness (QED) is 0.777. The van der Waals surface area contributed by atoms with Crippen LogP contribution in [0.2, 0.25) is 0 Å². The highest BCUT2D eigenvalue weighted by Crippen LogP contribution is 2.22. The molecule has 3 atom stereocenters. The van der Waals surface area contributed by atoms with Crippen molar-refractivity contribution in [2.45, 2.75) is 26.3 Å². The van der Waals surface area contributed by atoms with E-state index in [1.807, 2.05) is 13.8 Å². The first-order valence-electron chi connectivity index (χ1n) is 5.80. The van der Waals surface area contributed by atoms with Crippen LogP contribution in [-0.2, 0) is 9.53 Å². The van der Waals surface area contributed by atoms with E-state index in [1.165, 1.54) is 0 Å². The molecule has 1 fully saturated rings. The SMILES string of the molecule is CC(NC(=O)C1CCOCC1C)c1nn[nH]n1. The molecule has 1 aromatic heterocycles. The number of hydrogen-bond donors (Lipinski definition) is 2. The lowest BCUT2D eigenvalue weighted by Crippen LogP contribution is -2.40. The number of amides is 1. The lowest BCUT2D eigenvalue weighted by molar-refractivity contribution is -0.131. The van der Waals surface area contributed by atoms with E-state index in [0.717, 1.165) is 6.42 Å². The first-order valence-corrected chi connectivity index (χ1v) is 5.80. The number of carbonyl (C=O) groups excluding carboxylic acids is 1. The van der Waals surface area contributed by atoms with Crippen LogP contribution >= 0.6 is 0 Å². The Morgan fingerprint density at radius 1 is 1.65 bits per heavy atom. The monoisotopic (exact) mass is 239 g/mol. The highest BCUT2D eigenvalue weighted by molar-refractivity contribution is 5.79. The molecular weight excluding hydrogens is 222 g/mol. The molecule has 2 rings (SSSR count). The smallest absolute Gasteiger partial charge is 0.224 e. The van der Waals surface area contributed by atoms with E-state index in [2.05, 4.69) is 25.9 Å². The number of aromatic amines is 1. The highest BCUT2D eigenvalue weighted by atomic mass is 16.5. The van der Waals surface area contributed by atoms with Gasteiger partial charge in [-0.05, 0) is 19.3 Å². The van der Waals surface area contributed by atoms with Gasteiger partial charge in [-0.25, -0.2) is 0 Å². The van der Waals surface area contributed by atoms with Gasteiger partial charge in [0, 0.05) is 19.1 Å². The Bertz CT molecular complexity index is 367. The van der Waals surface area contributed by atoms with Crippen LogP contribution in [0.3, 0.4) is 0 Å². The fourth-order valence-corrected chi connectivity index (χ4v) is 2.01. The predicted molar refractivity (Wildman–Crippen MR) is 58.8 cm³/mol. The Kier molecular flexibility index (Phi) is 3.68. The van der Waals surface area contributed by atoms with Crippen LogP contribution in [0, 0.1) is 11.8 Å². The molecule has 3 unspecified atom stereocenters. The maximum atomic E-state index is 12.1. The molecule has 2 N–H and O–H groups in total. The van der Waals surface area contributed by atoms with Gasteiger partial charge in [-0.1, -0.05) is 12.1 Å². The van der Waals surface area contributed by atoms with Gasteiger partial charge in [0.15, 0.2) is 5.82 Å². The van der Waals surface area contributed by atoms with E-state index in [1.54, 1.807) is 0 Å². The van der Waals surface area contributed by atoms with Crippen molar-refractivity contribution in [2.24, 2.45) is 11.8 Å². The van der Waals surface area contributed by atoms with Gasteiger partial charge in [-0.2, -0.15) is 5.21 Å². The second-order valence-electron chi connectivity index (χ2n) is 4.45. The molecule has 1 aliphatic heterocycles. The molecule has 1 aromatic rings. The number of carbonyl (C=O) groups is 1. The minimum atomic E-state index is -0.226. The summed E-state index contributed by atoms with van der Waals surface area (Å²) in [6.45, 7) is 5.17. The Morgan fingerprint density at radius 2 is 2.47 bits per heavy atom. The van der Waals surface area contributed by atoms with E-state index in [0.29, 0.717) is 19.0 Å². The molecule has 0 spiro atoms. The molecular formula is C10H17N5O2. The lowest BCUT2D eigenvalue weighted by Gasteiger charge is -2.28. The highest BCUT2D eigenvalue weighted by Gasteiger charge is 2.29. The Hall–Kier alpha value is -1.50. The van der Waals surface area contributed by atoms with Crippen LogP contribution in [0.25, 0.3) is 0 Å². The van der Waals surface area contributed by atoms with Crippen LogP contribution in [0.1, 0.15) is 32.1 Å². The molecule has 0 saturated carbocycles. The number of H-pyrrole nitrogens is 1. The summed E-state index contributed by atoms with van der Waals surface area (Å²) < 4.78 is 5.32. The molecule has 0 bridgehead atoms. The average Bonchev–Trinajstić information content (AvgIpc) is 2.82. The van der Waals surface area contributed by atoms with Crippen molar-refractivity contribution < 1.29 is 9.53 Å². The Labute approximate surface area is 99.3 Å². The van der Waals surface area contributed by atoms with Crippen molar-refractivity contribution in [3.63, 3.8) is 0 Å². The van der Waals surface area contributed by atoms with Gasteiger partial charge in [-0.3, -0.25) is 4.79 Å². The molecule has 0 aromatic carbocycles. The number of rotatable bonds is 3. The zero-order chi connectivity index (χ0) is 12.3. The van der Waals surface area contributed by atoms with Gasteiger partial charge in [0.1, 0.15) is 0 Å². The molecule has 2 heterocycles. The summed E-state index contributed by atoms with van der Waals surface area (Å²) in [7, 11) is 0. The molecule has 1 saturated heterocycles. The van der Waals surface area contributed by atoms with Crippen LogP contribution in [-0.4, -0.2) is 39.7 Å².